The zero-order chi connectivity index (χ0) is 16.5. The Labute approximate surface area is 132 Å². The van der Waals surface area contributed by atoms with Crippen LogP contribution in [0.1, 0.15) is 32.8 Å². The predicted octanol–water partition coefficient (Wildman–Crippen LogP) is 2.63. The monoisotopic (exact) mass is 307 g/mol. The summed E-state index contributed by atoms with van der Waals surface area (Å²) in [6, 6.07) is 7.56. The molecule has 0 aliphatic rings. The van der Waals surface area contributed by atoms with E-state index >= 15 is 0 Å². The minimum absolute atomic E-state index is 0.0279. The van der Waals surface area contributed by atoms with E-state index in [2.05, 4.69) is 0 Å². The number of benzene rings is 1. The second-order valence-electron chi connectivity index (χ2n) is 5.32. The van der Waals surface area contributed by atoms with Crippen LogP contribution in [0.15, 0.2) is 24.3 Å². The number of hydrogen-bond donors (Lipinski definition) is 0. The Morgan fingerprint density at radius 2 is 1.82 bits per heavy atom. The summed E-state index contributed by atoms with van der Waals surface area (Å²) < 4.78 is 10.0. The molecule has 122 valence electrons. The minimum Gasteiger partial charge on any atom is -0.497 e. The number of methoxy groups -OCH3 is 1. The Morgan fingerprint density at radius 1 is 1.18 bits per heavy atom. The predicted molar refractivity (Wildman–Crippen MR) is 84.5 cm³/mol. The van der Waals surface area contributed by atoms with Crippen LogP contribution in [-0.2, 0) is 20.9 Å². The average molecular weight is 307 g/mol. The van der Waals surface area contributed by atoms with Gasteiger partial charge in [0, 0.05) is 19.0 Å². The summed E-state index contributed by atoms with van der Waals surface area (Å²) >= 11 is 0. The average Bonchev–Trinajstić information content (AvgIpc) is 2.51. The zero-order valence-electron chi connectivity index (χ0n) is 13.8. The highest BCUT2D eigenvalue weighted by Crippen LogP contribution is 2.14. The molecule has 1 aromatic rings. The van der Waals surface area contributed by atoms with E-state index < -0.39 is 0 Å². The van der Waals surface area contributed by atoms with Crippen molar-refractivity contribution in [2.24, 2.45) is 5.92 Å². The van der Waals surface area contributed by atoms with Crippen molar-refractivity contribution < 1.29 is 19.1 Å². The van der Waals surface area contributed by atoms with Gasteiger partial charge in [-0.05, 0) is 24.6 Å². The SMILES string of the molecule is CCOC(=O)CCN(Cc1ccc(OC)cc1)C(=O)C(C)C. The smallest absolute Gasteiger partial charge is 0.307 e. The van der Waals surface area contributed by atoms with E-state index in [-0.39, 0.29) is 24.2 Å². The highest BCUT2D eigenvalue weighted by molar-refractivity contribution is 5.79. The van der Waals surface area contributed by atoms with Crippen molar-refractivity contribution >= 4 is 11.9 Å². The van der Waals surface area contributed by atoms with Gasteiger partial charge >= 0.3 is 5.97 Å². The third-order valence-electron chi connectivity index (χ3n) is 3.23. The Hall–Kier alpha value is -2.04. The number of esters is 1. The van der Waals surface area contributed by atoms with E-state index in [0.717, 1.165) is 11.3 Å². The topological polar surface area (TPSA) is 55.8 Å². The van der Waals surface area contributed by atoms with Crippen molar-refractivity contribution in [3.63, 3.8) is 0 Å². The normalized spacial score (nSPS) is 10.4. The molecule has 22 heavy (non-hydrogen) atoms. The van der Waals surface area contributed by atoms with Crippen LogP contribution in [0, 0.1) is 5.92 Å². The van der Waals surface area contributed by atoms with Crippen LogP contribution >= 0.6 is 0 Å². The van der Waals surface area contributed by atoms with E-state index in [0.29, 0.717) is 19.7 Å². The Balaban J connectivity index is 2.72. The van der Waals surface area contributed by atoms with Crippen LogP contribution in [0.4, 0.5) is 0 Å². The molecule has 5 nitrogen and oxygen atoms in total. The summed E-state index contributed by atoms with van der Waals surface area (Å²) in [6.07, 6.45) is 0.211. The molecule has 0 N–H and O–H groups in total. The number of hydrogen-bond acceptors (Lipinski definition) is 4. The molecule has 0 unspecified atom stereocenters. The molecule has 1 rings (SSSR count). The van der Waals surface area contributed by atoms with Gasteiger partial charge in [0.05, 0.1) is 20.1 Å². The number of carbonyl (C=O) groups excluding carboxylic acids is 2. The lowest BCUT2D eigenvalue weighted by molar-refractivity contribution is -0.144. The molecule has 0 saturated heterocycles. The van der Waals surface area contributed by atoms with Crippen molar-refractivity contribution in [3.05, 3.63) is 29.8 Å². The summed E-state index contributed by atoms with van der Waals surface area (Å²) in [5, 5.41) is 0. The number of amides is 1. The summed E-state index contributed by atoms with van der Waals surface area (Å²) in [4.78, 5) is 25.5. The molecule has 0 aromatic heterocycles. The molecular formula is C17H25NO4. The lowest BCUT2D eigenvalue weighted by Crippen LogP contribution is -2.35. The highest BCUT2D eigenvalue weighted by atomic mass is 16.5. The Bertz CT molecular complexity index is 482. The first-order chi connectivity index (χ1) is 10.5. The van der Waals surface area contributed by atoms with Gasteiger partial charge < -0.3 is 14.4 Å². The molecule has 0 aliphatic carbocycles. The molecule has 0 spiro atoms. The quantitative estimate of drug-likeness (QED) is 0.693. The van der Waals surface area contributed by atoms with Gasteiger partial charge in [0.2, 0.25) is 5.91 Å². The second kappa shape index (κ2) is 9.07. The number of nitrogens with zero attached hydrogens (tertiary/aromatic N) is 1. The molecular weight excluding hydrogens is 282 g/mol. The van der Waals surface area contributed by atoms with Gasteiger partial charge in [0.15, 0.2) is 0 Å². The fourth-order valence-electron chi connectivity index (χ4n) is 2.04. The van der Waals surface area contributed by atoms with Crippen LogP contribution < -0.4 is 4.74 Å². The van der Waals surface area contributed by atoms with Crippen molar-refractivity contribution in [2.45, 2.75) is 33.7 Å². The summed E-state index contributed by atoms with van der Waals surface area (Å²) in [5.74, 6) is 0.413. The first-order valence-corrected chi connectivity index (χ1v) is 7.55. The van der Waals surface area contributed by atoms with Crippen molar-refractivity contribution in [1.29, 1.82) is 0 Å². The van der Waals surface area contributed by atoms with Crippen LogP contribution in [0.3, 0.4) is 0 Å². The first kappa shape index (κ1) is 18.0. The maximum absolute atomic E-state index is 12.3. The molecule has 0 atom stereocenters. The molecule has 1 aromatic carbocycles. The van der Waals surface area contributed by atoms with E-state index in [9.17, 15) is 9.59 Å². The van der Waals surface area contributed by atoms with Crippen LogP contribution in [0.2, 0.25) is 0 Å². The van der Waals surface area contributed by atoms with E-state index in [1.54, 1.807) is 18.9 Å². The van der Waals surface area contributed by atoms with Crippen molar-refractivity contribution in [1.82, 2.24) is 4.90 Å². The van der Waals surface area contributed by atoms with Crippen molar-refractivity contribution in [2.75, 3.05) is 20.3 Å². The maximum Gasteiger partial charge on any atom is 0.307 e. The van der Waals surface area contributed by atoms with Crippen LogP contribution in [-0.4, -0.2) is 37.0 Å². The lowest BCUT2D eigenvalue weighted by atomic mass is 10.1. The second-order valence-corrected chi connectivity index (χ2v) is 5.32. The summed E-state index contributed by atoms with van der Waals surface area (Å²) in [5.41, 5.74) is 0.999. The van der Waals surface area contributed by atoms with E-state index in [4.69, 9.17) is 9.47 Å². The van der Waals surface area contributed by atoms with Gasteiger partial charge in [0.1, 0.15) is 5.75 Å². The molecule has 5 heteroatoms. The molecule has 0 saturated carbocycles. The number of carbonyl (C=O) groups is 2. The summed E-state index contributed by atoms with van der Waals surface area (Å²) in [6.45, 7) is 6.67. The lowest BCUT2D eigenvalue weighted by Gasteiger charge is -2.24. The van der Waals surface area contributed by atoms with E-state index in [1.807, 2.05) is 38.1 Å². The third-order valence-corrected chi connectivity index (χ3v) is 3.23. The van der Waals surface area contributed by atoms with Crippen LogP contribution in [0.25, 0.3) is 0 Å². The molecule has 0 bridgehead atoms. The number of rotatable bonds is 8. The third kappa shape index (κ3) is 5.76. The number of ether oxygens (including phenoxy) is 2. The van der Waals surface area contributed by atoms with Gasteiger partial charge in [-0.2, -0.15) is 0 Å². The van der Waals surface area contributed by atoms with Gasteiger partial charge in [0.25, 0.3) is 0 Å². The zero-order valence-corrected chi connectivity index (χ0v) is 13.8. The van der Waals surface area contributed by atoms with Crippen molar-refractivity contribution in [3.8, 4) is 5.75 Å². The van der Waals surface area contributed by atoms with E-state index in [1.165, 1.54) is 0 Å². The molecule has 0 radical (unpaired) electrons. The Morgan fingerprint density at radius 3 is 2.32 bits per heavy atom. The fourth-order valence-corrected chi connectivity index (χ4v) is 2.04. The first-order valence-electron chi connectivity index (χ1n) is 7.55. The van der Waals surface area contributed by atoms with Crippen LogP contribution in [0.5, 0.6) is 5.75 Å². The molecule has 0 fully saturated rings. The molecule has 0 heterocycles. The standard InChI is InChI=1S/C17H25NO4/c1-5-22-16(19)10-11-18(17(20)13(2)3)12-14-6-8-15(21-4)9-7-14/h6-9,13H,5,10-12H2,1-4H3. The highest BCUT2D eigenvalue weighted by Gasteiger charge is 2.18. The van der Waals surface area contributed by atoms with Gasteiger partial charge in [-0.3, -0.25) is 9.59 Å². The maximum atomic E-state index is 12.3. The van der Waals surface area contributed by atoms with Gasteiger partial charge in [-0.15, -0.1) is 0 Å². The van der Waals surface area contributed by atoms with Gasteiger partial charge in [-0.25, -0.2) is 0 Å². The fraction of sp³-hybridized carbons (Fsp3) is 0.529. The summed E-state index contributed by atoms with van der Waals surface area (Å²) in [7, 11) is 1.61. The molecule has 1 amide bonds. The minimum atomic E-state index is -0.279. The van der Waals surface area contributed by atoms with Gasteiger partial charge in [-0.1, -0.05) is 26.0 Å². The molecule has 0 aliphatic heterocycles. The Kier molecular flexibility index (Phi) is 7.43. The largest absolute Gasteiger partial charge is 0.497 e.